The van der Waals surface area contributed by atoms with Crippen LogP contribution in [0, 0.1) is 5.92 Å². The van der Waals surface area contributed by atoms with E-state index in [0.717, 1.165) is 0 Å². The quantitative estimate of drug-likeness (QED) is 0.794. The number of nitrogens with zero attached hydrogens (tertiary/aromatic N) is 3. The summed E-state index contributed by atoms with van der Waals surface area (Å²) in [5.74, 6) is -2.88. The smallest absolute Gasteiger partial charge is 0.408 e. The number of fused-ring (bicyclic) bond motifs is 1. The van der Waals surface area contributed by atoms with Crippen LogP contribution in [0.2, 0.25) is 0 Å². The number of carbonyl (C=O) groups excluding carboxylic acids is 2. The van der Waals surface area contributed by atoms with E-state index in [4.69, 9.17) is 4.74 Å². The van der Waals surface area contributed by atoms with Crippen molar-refractivity contribution in [2.24, 2.45) is 5.92 Å². The fourth-order valence-electron chi connectivity index (χ4n) is 3.39. The lowest BCUT2D eigenvalue weighted by molar-refractivity contribution is -0.0500. The second-order valence-corrected chi connectivity index (χ2v) is 8.19. The van der Waals surface area contributed by atoms with Crippen molar-refractivity contribution in [2.75, 3.05) is 0 Å². The van der Waals surface area contributed by atoms with Gasteiger partial charge in [0.05, 0.1) is 24.1 Å². The van der Waals surface area contributed by atoms with Gasteiger partial charge in [0.25, 0.3) is 0 Å². The van der Waals surface area contributed by atoms with Gasteiger partial charge in [-0.05, 0) is 45.6 Å². The van der Waals surface area contributed by atoms with Gasteiger partial charge in [-0.3, -0.25) is 4.79 Å². The van der Waals surface area contributed by atoms with Crippen molar-refractivity contribution in [3.63, 3.8) is 0 Å². The van der Waals surface area contributed by atoms with E-state index >= 15 is 0 Å². The summed E-state index contributed by atoms with van der Waals surface area (Å²) in [5.41, 5.74) is 0.625. The van der Waals surface area contributed by atoms with Crippen molar-refractivity contribution in [1.29, 1.82) is 0 Å². The van der Waals surface area contributed by atoms with Gasteiger partial charge in [-0.1, -0.05) is 0 Å². The Kier molecular flexibility index (Phi) is 5.36. The number of alkyl halides is 2. The van der Waals surface area contributed by atoms with Gasteiger partial charge in [-0.2, -0.15) is 5.10 Å². The van der Waals surface area contributed by atoms with Gasteiger partial charge in [0, 0.05) is 18.4 Å². The van der Waals surface area contributed by atoms with Crippen molar-refractivity contribution in [3.8, 4) is 0 Å². The number of hydrogen-bond donors (Lipinski definition) is 1. The van der Waals surface area contributed by atoms with E-state index in [2.05, 4.69) is 15.4 Å². The first kappa shape index (κ1) is 20.2. The molecule has 1 aliphatic rings. The molecule has 0 bridgehead atoms. The Bertz CT molecular complexity index is 866. The van der Waals surface area contributed by atoms with E-state index in [-0.39, 0.29) is 31.6 Å². The molecule has 2 heterocycles. The molecule has 2 aromatic heterocycles. The Morgan fingerprint density at radius 1 is 1.39 bits per heavy atom. The molecule has 0 unspecified atom stereocenters. The fourth-order valence-corrected chi connectivity index (χ4v) is 3.39. The molecule has 0 aliphatic heterocycles. The number of alkyl carbamates (subject to hydrolysis) is 1. The van der Waals surface area contributed by atoms with Crippen LogP contribution < -0.4 is 5.32 Å². The zero-order chi connectivity index (χ0) is 20.5. The predicted molar refractivity (Wildman–Crippen MR) is 97.4 cm³/mol. The van der Waals surface area contributed by atoms with E-state index in [1.165, 1.54) is 10.7 Å². The summed E-state index contributed by atoms with van der Waals surface area (Å²) in [6.07, 6.45) is 3.13. The first-order valence-electron chi connectivity index (χ1n) is 9.24. The highest BCUT2D eigenvalue weighted by molar-refractivity contribution is 5.76. The van der Waals surface area contributed by atoms with Crippen molar-refractivity contribution >= 4 is 18.0 Å². The Morgan fingerprint density at radius 3 is 2.68 bits per heavy atom. The third-order valence-corrected chi connectivity index (χ3v) is 4.72. The number of rotatable bonds is 4. The van der Waals surface area contributed by atoms with Gasteiger partial charge in [0.15, 0.2) is 11.9 Å². The minimum absolute atomic E-state index is 0.206. The van der Waals surface area contributed by atoms with Crippen LogP contribution in [-0.4, -0.2) is 38.5 Å². The number of carbonyl (C=O) groups is 2. The zero-order valence-electron chi connectivity index (χ0n) is 16.1. The third kappa shape index (κ3) is 4.82. The standard InChI is InChI=1S/C19H24F2N4O3/c1-18(2,3)28-17(27)24-16(13-4-6-19(20,21)7-5-13)14-10-25-15(23-14)8-12(11-26)9-22-25/h8-11,13,16H,4-7H2,1-3H3,(H,24,27)/t16-/m0/s1. The maximum atomic E-state index is 13.6. The minimum atomic E-state index is -2.67. The highest BCUT2D eigenvalue weighted by atomic mass is 19.3. The number of halogens is 2. The van der Waals surface area contributed by atoms with Gasteiger partial charge < -0.3 is 10.1 Å². The van der Waals surface area contributed by atoms with Crippen LogP contribution in [-0.2, 0) is 4.74 Å². The summed E-state index contributed by atoms with van der Waals surface area (Å²) < 4.78 is 34.0. The lowest BCUT2D eigenvalue weighted by atomic mass is 9.81. The van der Waals surface area contributed by atoms with Gasteiger partial charge in [0.2, 0.25) is 5.92 Å². The lowest BCUT2D eigenvalue weighted by Crippen LogP contribution is -2.40. The molecule has 1 aliphatic carbocycles. The topological polar surface area (TPSA) is 85.6 Å². The third-order valence-electron chi connectivity index (χ3n) is 4.72. The molecule has 9 heteroatoms. The molecule has 0 spiro atoms. The van der Waals surface area contributed by atoms with Crippen LogP contribution in [0.4, 0.5) is 13.6 Å². The molecule has 1 fully saturated rings. The molecule has 1 atom stereocenters. The summed E-state index contributed by atoms with van der Waals surface area (Å²) in [6, 6.07) is 0.982. The number of amides is 1. The summed E-state index contributed by atoms with van der Waals surface area (Å²) in [5, 5.41) is 6.92. The van der Waals surface area contributed by atoms with Gasteiger partial charge >= 0.3 is 6.09 Å². The Balaban J connectivity index is 1.89. The van der Waals surface area contributed by atoms with Crippen molar-refractivity contribution in [1.82, 2.24) is 19.9 Å². The molecule has 0 aromatic carbocycles. The maximum Gasteiger partial charge on any atom is 0.408 e. The molecule has 28 heavy (non-hydrogen) atoms. The highest BCUT2D eigenvalue weighted by Gasteiger charge is 2.39. The Labute approximate surface area is 161 Å². The molecule has 1 saturated carbocycles. The molecular weight excluding hydrogens is 370 g/mol. The summed E-state index contributed by atoms with van der Waals surface area (Å²) in [6.45, 7) is 5.25. The maximum absolute atomic E-state index is 13.6. The number of nitrogens with one attached hydrogen (secondary N) is 1. The van der Waals surface area contributed by atoms with Crippen LogP contribution in [0.1, 0.15) is 68.5 Å². The second kappa shape index (κ2) is 7.44. The first-order chi connectivity index (χ1) is 13.1. The van der Waals surface area contributed by atoms with E-state index in [0.29, 0.717) is 23.2 Å². The predicted octanol–water partition coefficient (Wildman–Crippen LogP) is 3.93. The number of aromatic nitrogens is 3. The van der Waals surface area contributed by atoms with Crippen LogP contribution in [0.5, 0.6) is 0 Å². The second-order valence-electron chi connectivity index (χ2n) is 8.19. The van der Waals surface area contributed by atoms with Gasteiger partial charge in [-0.25, -0.2) is 23.1 Å². The van der Waals surface area contributed by atoms with Crippen molar-refractivity contribution in [3.05, 3.63) is 29.7 Å². The van der Waals surface area contributed by atoms with Crippen molar-refractivity contribution in [2.45, 2.75) is 64.0 Å². The van der Waals surface area contributed by atoms with E-state index in [9.17, 15) is 18.4 Å². The summed E-state index contributed by atoms with van der Waals surface area (Å²) in [4.78, 5) is 27.8. The zero-order valence-corrected chi connectivity index (χ0v) is 16.1. The molecule has 0 saturated heterocycles. The molecule has 3 rings (SSSR count). The average molecular weight is 394 g/mol. The minimum Gasteiger partial charge on any atom is -0.444 e. The normalized spacial score (nSPS) is 18.6. The molecule has 2 aromatic rings. The van der Waals surface area contributed by atoms with Gasteiger partial charge in [-0.15, -0.1) is 0 Å². The molecule has 1 N–H and O–H groups in total. The molecule has 1 amide bonds. The number of ether oxygens (including phenoxy) is 1. The monoisotopic (exact) mass is 394 g/mol. The number of aldehydes is 1. The van der Waals surface area contributed by atoms with E-state index in [1.54, 1.807) is 33.0 Å². The van der Waals surface area contributed by atoms with Crippen LogP contribution >= 0.6 is 0 Å². The molecule has 152 valence electrons. The summed E-state index contributed by atoms with van der Waals surface area (Å²) >= 11 is 0. The SMILES string of the molecule is CC(C)(C)OC(=O)N[C@H](c1cn2ncc(C=O)cc2n1)C1CCC(F)(F)CC1. The summed E-state index contributed by atoms with van der Waals surface area (Å²) in [7, 11) is 0. The van der Waals surface area contributed by atoms with Crippen LogP contribution in [0.25, 0.3) is 5.65 Å². The van der Waals surface area contributed by atoms with Gasteiger partial charge in [0.1, 0.15) is 5.60 Å². The van der Waals surface area contributed by atoms with Crippen molar-refractivity contribution < 1.29 is 23.1 Å². The largest absolute Gasteiger partial charge is 0.444 e. The number of imidazole rings is 1. The molecule has 0 radical (unpaired) electrons. The first-order valence-corrected chi connectivity index (χ1v) is 9.24. The molecule has 7 nitrogen and oxygen atoms in total. The lowest BCUT2D eigenvalue weighted by Gasteiger charge is -2.33. The molecular formula is C19H24F2N4O3. The van der Waals surface area contributed by atoms with Crippen LogP contribution in [0.15, 0.2) is 18.5 Å². The van der Waals surface area contributed by atoms with E-state index < -0.39 is 23.7 Å². The Morgan fingerprint density at radius 2 is 2.07 bits per heavy atom. The Hall–Kier alpha value is -2.58. The van der Waals surface area contributed by atoms with Crippen LogP contribution in [0.3, 0.4) is 0 Å². The highest BCUT2D eigenvalue weighted by Crippen LogP contribution is 2.41. The van der Waals surface area contributed by atoms with E-state index in [1.807, 2.05) is 0 Å². The number of hydrogen-bond acceptors (Lipinski definition) is 5. The average Bonchev–Trinajstić information content (AvgIpc) is 3.01. The fraction of sp³-hybridized carbons (Fsp3) is 0.579.